The highest BCUT2D eigenvalue weighted by Crippen LogP contribution is 1.98. The molecule has 0 radical (unpaired) electrons. The first kappa shape index (κ1) is 20.9. The maximum atomic E-state index is 5.45. The van der Waals surface area contributed by atoms with Crippen molar-refractivity contribution in [3.8, 4) is 0 Å². The van der Waals surface area contributed by atoms with E-state index in [2.05, 4.69) is 32.7 Å². The highest BCUT2D eigenvalue weighted by atomic mass is 16.6. The monoisotopic (exact) mass is 303 g/mol. The Hall–Kier alpha value is -0.135. The first-order valence-electron chi connectivity index (χ1n) is 8.17. The van der Waals surface area contributed by atoms with Gasteiger partial charge >= 0.3 is 0 Å². The minimum atomic E-state index is 0.511. The molecule has 0 saturated carbocycles. The van der Waals surface area contributed by atoms with Gasteiger partial charge in [0.2, 0.25) is 6.85 Å². The van der Waals surface area contributed by atoms with Crippen molar-refractivity contribution < 1.29 is 18.9 Å². The van der Waals surface area contributed by atoms with E-state index in [9.17, 15) is 0 Å². The van der Waals surface area contributed by atoms with Crippen molar-refractivity contribution in [1.82, 2.24) is 5.23 Å². The fraction of sp³-hybridized carbons (Fsp3) is 1.00. The molecule has 0 heterocycles. The van der Waals surface area contributed by atoms with Crippen molar-refractivity contribution in [2.24, 2.45) is 5.92 Å². The van der Waals surface area contributed by atoms with Gasteiger partial charge in [0, 0.05) is 13.2 Å². The average Bonchev–Trinajstić information content (AvgIpc) is 2.42. The molecule has 0 aromatic rings. The van der Waals surface area contributed by atoms with Crippen LogP contribution in [0.1, 0.15) is 20.3 Å². The molecule has 0 aliphatic rings. The molecule has 0 aliphatic carbocycles. The molecule has 0 aromatic carbocycles. The third-order valence-corrected chi connectivity index (χ3v) is 2.75. The molecule has 0 rings (SSSR count). The van der Waals surface area contributed by atoms with E-state index in [1.807, 2.05) is 0 Å². The van der Waals surface area contributed by atoms with Crippen molar-refractivity contribution >= 4 is 6.85 Å². The second-order valence-electron chi connectivity index (χ2n) is 5.74. The average molecular weight is 303 g/mol. The first-order valence-corrected chi connectivity index (χ1v) is 8.17. The Morgan fingerprint density at radius 3 is 1.57 bits per heavy atom. The third-order valence-electron chi connectivity index (χ3n) is 2.75. The second-order valence-corrected chi connectivity index (χ2v) is 5.74. The van der Waals surface area contributed by atoms with E-state index >= 15 is 0 Å². The Morgan fingerprint density at radius 1 is 0.714 bits per heavy atom. The quantitative estimate of drug-likeness (QED) is 0.349. The summed E-state index contributed by atoms with van der Waals surface area (Å²) in [4.78, 5) is 0. The summed E-state index contributed by atoms with van der Waals surface area (Å²) in [6, 6.07) is 0. The van der Waals surface area contributed by atoms with Crippen LogP contribution < -0.4 is 5.23 Å². The van der Waals surface area contributed by atoms with Crippen molar-refractivity contribution in [2.45, 2.75) is 33.9 Å². The summed E-state index contributed by atoms with van der Waals surface area (Å²) in [5.41, 5.74) is 0. The Bertz CT molecular complexity index is 186. The lowest BCUT2D eigenvalue weighted by molar-refractivity contribution is -0.00214. The smallest absolute Gasteiger partial charge is 0.213 e. The minimum absolute atomic E-state index is 0.511. The highest BCUT2D eigenvalue weighted by Gasteiger charge is 1.96. The third kappa shape index (κ3) is 19.9. The Labute approximate surface area is 131 Å². The number of hydrogen-bond acceptors (Lipinski definition) is 5. The molecule has 6 heteroatoms. The van der Waals surface area contributed by atoms with Crippen LogP contribution in [0.2, 0.25) is 13.6 Å². The van der Waals surface area contributed by atoms with E-state index in [4.69, 9.17) is 18.9 Å². The van der Waals surface area contributed by atoms with Crippen LogP contribution in [-0.4, -0.2) is 66.2 Å². The fourth-order valence-electron chi connectivity index (χ4n) is 1.50. The van der Waals surface area contributed by atoms with E-state index in [0.29, 0.717) is 52.4 Å². The first-order chi connectivity index (χ1) is 10.1. The van der Waals surface area contributed by atoms with E-state index < -0.39 is 0 Å². The van der Waals surface area contributed by atoms with Crippen LogP contribution in [0, 0.1) is 5.92 Å². The number of hydrogen-bond donors (Lipinski definition) is 1. The summed E-state index contributed by atoms with van der Waals surface area (Å²) in [5, 5.41) is 3.29. The Kier molecular flexibility index (Phi) is 16.1. The van der Waals surface area contributed by atoms with Gasteiger partial charge in [0.05, 0.1) is 46.2 Å². The molecule has 0 atom stereocenters. The van der Waals surface area contributed by atoms with Gasteiger partial charge in [-0.15, -0.1) is 0 Å². The maximum absolute atomic E-state index is 5.45. The molecule has 0 saturated heterocycles. The van der Waals surface area contributed by atoms with Crippen molar-refractivity contribution in [2.75, 3.05) is 59.4 Å². The van der Waals surface area contributed by atoms with Gasteiger partial charge < -0.3 is 24.2 Å². The molecular formula is C15H34BNO4. The minimum Gasteiger partial charge on any atom is -0.379 e. The molecule has 0 bridgehead atoms. The zero-order valence-corrected chi connectivity index (χ0v) is 14.4. The van der Waals surface area contributed by atoms with Crippen LogP contribution >= 0.6 is 0 Å². The fourth-order valence-corrected chi connectivity index (χ4v) is 1.50. The molecule has 0 fully saturated rings. The summed E-state index contributed by atoms with van der Waals surface area (Å²) in [6.07, 6.45) is 1.11. The second kappa shape index (κ2) is 16.2. The topological polar surface area (TPSA) is 49.0 Å². The molecule has 21 heavy (non-hydrogen) atoms. The summed E-state index contributed by atoms with van der Waals surface area (Å²) < 4.78 is 21.7. The molecule has 0 amide bonds. The number of ether oxygens (including phenoxy) is 4. The van der Waals surface area contributed by atoms with E-state index in [0.717, 1.165) is 26.2 Å². The summed E-state index contributed by atoms with van der Waals surface area (Å²) >= 11 is 0. The summed E-state index contributed by atoms with van der Waals surface area (Å²) in [6.45, 7) is 15.4. The summed E-state index contributed by atoms with van der Waals surface area (Å²) in [5.74, 6) is 0.697. The molecule has 0 spiro atoms. The van der Waals surface area contributed by atoms with Crippen LogP contribution in [0.3, 0.4) is 0 Å². The van der Waals surface area contributed by atoms with Crippen LogP contribution in [0.25, 0.3) is 0 Å². The van der Waals surface area contributed by atoms with Gasteiger partial charge in [0.25, 0.3) is 0 Å². The highest BCUT2D eigenvalue weighted by molar-refractivity contribution is 6.52. The van der Waals surface area contributed by atoms with Crippen LogP contribution in [0.15, 0.2) is 0 Å². The van der Waals surface area contributed by atoms with Crippen LogP contribution in [0.4, 0.5) is 0 Å². The molecule has 0 aromatic heterocycles. The van der Waals surface area contributed by atoms with Crippen molar-refractivity contribution in [1.29, 1.82) is 0 Å². The molecule has 0 unspecified atom stereocenters. The molecular weight excluding hydrogens is 269 g/mol. The summed E-state index contributed by atoms with van der Waals surface area (Å²) in [7, 11) is 0. The zero-order chi connectivity index (χ0) is 15.8. The van der Waals surface area contributed by atoms with Gasteiger partial charge in [-0.3, -0.25) is 0 Å². The maximum Gasteiger partial charge on any atom is 0.213 e. The lowest BCUT2D eigenvalue weighted by Gasteiger charge is -2.09. The van der Waals surface area contributed by atoms with Gasteiger partial charge in [0.1, 0.15) is 0 Å². The number of nitrogens with one attached hydrogen (secondary N) is 1. The largest absolute Gasteiger partial charge is 0.379 e. The van der Waals surface area contributed by atoms with E-state index in [1.165, 1.54) is 0 Å². The van der Waals surface area contributed by atoms with Gasteiger partial charge in [-0.1, -0.05) is 27.5 Å². The lowest BCUT2D eigenvalue weighted by Crippen LogP contribution is -2.30. The van der Waals surface area contributed by atoms with Gasteiger partial charge in [-0.25, -0.2) is 0 Å². The van der Waals surface area contributed by atoms with Gasteiger partial charge in [0.15, 0.2) is 0 Å². The normalized spacial score (nSPS) is 11.3. The van der Waals surface area contributed by atoms with Crippen molar-refractivity contribution in [3.63, 3.8) is 0 Å². The Balaban J connectivity index is 2.96. The zero-order valence-electron chi connectivity index (χ0n) is 14.4. The molecule has 5 nitrogen and oxygen atoms in total. The number of rotatable bonds is 16. The molecule has 0 aliphatic heterocycles. The van der Waals surface area contributed by atoms with E-state index in [1.54, 1.807) is 0 Å². The SMILES string of the molecule is CB(C)NCCOCCOCCOCCOCCC(C)C. The lowest BCUT2D eigenvalue weighted by atomic mass is 9.69. The predicted octanol–water partition coefficient (Wildman–Crippen LogP) is 1.94. The van der Waals surface area contributed by atoms with Gasteiger partial charge in [-0.2, -0.15) is 0 Å². The molecule has 1 N–H and O–H groups in total. The van der Waals surface area contributed by atoms with E-state index in [-0.39, 0.29) is 0 Å². The van der Waals surface area contributed by atoms with Crippen molar-refractivity contribution in [3.05, 3.63) is 0 Å². The van der Waals surface area contributed by atoms with Crippen LogP contribution in [-0.2, 0) is 18.9 Å². The standard InChI is InChI=1S/C15H34BNO4/c1-15(2)5-7-18-9-11-20-13-14-21-12-10-19-8-6-17-16(3)4/h15,17H,5-14H2,1-4H3. The molecule has 126 valence electrons. The van der Waals surface area contributed by atoms with Gasteiger partial charge in [-0.05, 0) is 12.3 Å². The Morgan fingerprint density at radius 2 is 1.14 bits per heavy atom. The predicted molar refractivity (Wildman–Crippen MR) is 88.2 cm³/mol. The van der Waals surface area contributed by atoms with Crippen LogP contribution in [0.5, 0.6) is 0 Å².